The van der Waals surface area contributed by atoms with Crippen molar-refractivity contribution in [3.8, 4) is 23.0 Å². The van der Waals surface area contributed by atoms with Crippen LogP contribution in [0.5, 0.6) is 23.0 Å². The number of carboxylic acid groups (broad SMARTS) is 2. The number of Topliss-reactive ketones (excluding diaryl/α,β-unsaturated/α-hetero) is 2. The summed E-state index contributed by atoms with van der Waals surface area (Å²) in [6, 6.07) is 5.88. The Morgan fingerprint density at radius 2 is 1.07 bits per heavy atom. The first-order valence-corrected chi connectivity index (χ1v) is 15.9. The molecule has 0 fully saturated rings. The molecular formula is C32H32F2O10S2. The molecule has 14 heteroatoms. The molecule has 246 valence electrons. The molecule has 2 heterocycles. The van der Waals surface area contributed by atoms with Gasteiger partial charge in [-0.15, -0.1) is 22.7 Å². The van der Waals surface area contributed by atoms with Gasteiger partial charge in [0.1, 0.15) is 0 Å². The van der Waals surface area contributed by atoms with Gasteiger partial charge in [0.05, 0.1) is 49.0 Å². The summed E-state index contributed by atoms with van der Waals surface area (Å²) in [7, 11) is 2.72. The van der Waals surface area contributed by atoms with E-state index in [1.165, 1.54) is 40.2 Å². The monoisotopic (exact) mass is 678 g/mol. The number of hydrogen-bond acceptors (Lipinski definition) is 10. The molecule has 2 aromatic heterocycles. The predicted molar refractivity (Wildman–Crippen MR) is 168 cm³/mol. The summed E-state index contributed by atoms with van der Waals surface area (Å²) in [5, 5.41) is 18.5. The molecule has 0 saturated carbocycles. The van der Waals surface area contributed by atoms with Gasteiger partial charge in [-0.25, -0.2) is 8.78 Å². The first kappa shape index (κ1) is 34.6. The molecule has 0 radical (unpaired) electrons. The fourth-order valence-electron chi connectivity index (χ4n) is 4.53. The second-order valence-electron chi connectivity index (χ2n) is 10.6. The molecule has 0 aliphatic heterocycles. The highest BCUT2D eigenvalue weighted by molar-refractivity contribution is 7.21. The van der Waals surface area contributed by atoms with E-state index in [1.54, 1.807) is 12.1 Å². The molecule has 2 N–H and O–H groups in total. The van der Waals surface area contributed by atoms with Crippen LogP contribution in [0.25, 0.3) is 20.2 Å². The number of ether oxygens (including phenoxy) is 4. The van der Waals surface area contributed by atoms with Gasteiger partial charge in [-0.05, 0) is 25.0 Å². The summed E-state index contributed by atoms with van der Waals surface area (Å²) >= 11 is 2.08. The lowest BCUT2D eigenvalue weighted by atomic mass is 10.0. The Labute approximate surface area is 270 Å². The van der Waals surface area contributed by atoms with Gasteiger partial charge in [0.25, 0.3) is 0 Å². The van der Waals surface area contributed by atoms with Crippen LogP contribution in [0.1, 0.15) is 58.9 Å². The zero-order valence-corrected chi connectivity index (χ0v) is 27.1. The number of aliphatic carboxylic acids is 2. The van der Waals surface area contributed by atoms with Crippen LogP contribution in [0.3, 0.4) is 0 Å². The molecule has 0 spiro atoms. The Kier molecular flexibility index (Phi) is 11.2. The first-order chi connectivity index (χ1) is 21.9. The third kappa shape index (κ3) is 7.56. The average Bonchev–Trinajstić information content (AvgIpc) is 3.65. The minimum Gasteiger partial charge on any atom is -0.493 e. The number of unbranched alkanes of at least 4 members (excludes halogenated alkanes) is 1. The van der Waals surface area contributed by atoms with E-state index in [2.05, 4.69) is 0 Å². The minimum absolute atomic E-state index is 0.0671. The lowest BCUT2D eigenvalue weighted by Gasteiger charge is -2.14. The van der Waals surface area contributed by atoms with Gasteiger partial charge < -0.3 is 29.2 Å². The molecule has 46 heavy (non-hydrogen) atoms. The highest BCUT2D eigenvalue weighted by Crippen LogP contribution is 2.42. The van der Waals surface area contributed by atoms with Crippen LogP contribution in [0.4, 0.5) is 8.78 Å². The standard InChI is InChI=1S/C32H32F2O10S2/c1-15(31(37)38)9-19(35)25-11-17-23(45-25)13-21(41-3)29(27(17)33)43-7-5-6-8-44-30-22(42-4)14-24-18(28(30)34)12-26(46-24)20(36)10-16(2)32(39)40/h11-16H,5-10H2,1-4H3,(H,37,38)(H,39,40)/t15-,16-/m0/s1. The maximum atomic E-state index is 15.5. The Balaban J connectivity index is 1.39. The zero-order chi connectivity index (χ0) is 33.7. The normalized spacial score (nSPS) is 12.6. The van der Waals surface area contributed by atoms with Crippen molar-refractivity contribution in [2.75, 3.05) is 27.4 Å². The fourth-order valence-corrected chi connectivity index (χ4v) is 6.60. The van der Waals surface area contributed by atoms with Crippen molar-refractivity contribution in [3.05, 3.63) is 45.7 Å². The number of hydrogen-bond donors (Lipinski definition) is 2. The van der Waals surface area contributed by atoms with Crippen molar-refractivity contribution in [2.45, 2.75) is 39.5 Å². The molecule has 10 nitrogen and oxygen atoms in total. The van der Waals surface area contributed by atoms with Gasteiger partial charge in [0.2, 0.25) is 0 Å². The summed E-state index contributed by atoms with van der Waals surface area (Å²) < 4.78 is 53.8. The lowest BCUT2D eigenvalue weighted by molar-refractivity contribution is -0.141. The summed E-state index contributed by atoms with van der Waals surface area (Å²) in [5.41, 5.74) is 0. The van der Waals surface area contributed by atoms with E-state index in [-0.39, 0.29) is 69.6 Å². The third-order valence-electron chi connectivity index (χ3n) is 7.21. The van der Waals surface area contributed by atoms with Crippen LogP contribution < -0.4 is 18.9 Å². The Morgan fingerprint density at radius 3 is 1.39 bits per heavy atom. The number of fused-ring (bicyclic) bond motifs is 2. The van der Waals surface area contributed by atoms with Crippen molar-refractivity contribution in [1.82, 2.24) is 0 Å². The third-order valence-corrected chi connectivity index (χ3v) is 9.46. The molecule has 0 unspecified atom stereocenters. The topological polar surface area (TPSA) is 146 Å². The number of carbonyl (C=O) groups is 4. The number of methoxy groups -OCH3 is 2. The fraction of sp³-hybridized carbons (Fsp3) is 0.375. The van der Waals surface area contributed by atoms with Crippen molar-refractivity contribution in [1.29, 1.82) is 0 Å². The summed E-state index contributed by atoms with van der Waals surface area (Å²) in [4.78, 5) is 47.8. The lowest BCUT2D eigenvalue weighted by Crippen LogP contribution is -2.13. The van der Waals surface area contributed by atoms with E-state index in [0.717, 1.165) is 22.7 Å². The van der Waals surface area contributed by atoms with Gasteiger partial charge in [-0.1, -0.05) is 13.8 Å². The van der Waals surface area contributed by atoms with Gasteiger partial charge in [-0.2, -0.15) is 0 Å². The summed E-state index contributed by atoms with van der Waals surface area (Å²) in [6.07, 6.45) is 0.369. The van der Waals surface area contributed by atoms with Crippen LogP contribution in [0.2, 0.25) is 0 Å². The van der Waals surface area contributed by atoms with E-state index >= 15 is 8.78 Å². The molecule has 4 rings (SSSR count). The highest BCUT2D eigenvalue weighted by atomic mass is 32.1. The Bertz CT molecular complexity index is 1660. The van der Waals surface area contributed by atoms with E-state index < -0.39 is 47.0 Å². The maximum absolute atomic E-state index is 15.5. The van der Waals surface area contributed by atoms with E-state index in [0.29, 0.717) is 22.2 Å². The number of thiophene rings is 2. The van der Waals surface area contributed by atoms with E-state index in [9.17, 15) is 19.2 Å². The van der Waals surface area contributed by atoms with Crippen LogP contribution in [0, 0.1) is 23.5 Å². The van der Waals surface area contributed by atoms with Crippen molar-refractivity contribution >= 4 is 66.4 Å². The van der Waals surface area contributed by atoms with Crippen LogP contribution in [-0.4, -0.2) is 61.2 Å². The van der Waals surface area contributed by atoms with Crippen LogP contribution in [-0.2, 0) is 9.59 Å². The number of ketones is 2. The van der Waals surface area contributed by atoms with Gasteiger partial charge in [0.15, 0.2) is 46.2 Å². The summed E-state index contributed by atoms with van der Waals surface area (Å²) in [6.45, 7) is 2.99. The highest BCUT2D eigenvalue weighted by Gasteiger charge is 2.24. The summed E-state index contributed by atoms with van der Waals surface area (Å²) in [5.74, 6) is -6.16. The quantitative estimate of drug-likeness (QED) is 0.0866. The second kappa shape index (κ2) is 14.9. The number of halogens is 2. The van der Waals surface area contributed by atoms with Gasteiger partial charge in [-0.3, -0.25) is 19.2 Å². The number of rotatable bonds is 17. The zero-order valence-electron chi connectivity index (χ0n) is 25.4. The van der Waals surface area contributed by atoms with Gasteiger partial charge in [0, 0.05) is 45.1 Å². The number of carbonyl (C=O) groups excluding carboxylic acids is 2. The maximum Gasteiger partial charge on any atom is 0.306 e. The Hall–Kier alpha value is -4.30. The predicted octanol–water partition coefficient (Wildman–Crippen LogP) is 7.24. The van der Waals surface area contributed by atoms with E-state index in [1.807, 2.05) is 0 Å². The molecule has 0 aliphatic carbocycles. The van der Waals surface area contributed by atoms with E-state index in [4.69, 9.17) is 29.2 Å². The molecule has 2 atom stereocenters. The van der Waals surface area contributed by atoms with Crippen molar-refractivity contribution in [3.63, 3.8) is 0 Å². The Morgan fingerprint density at radius 1 is 0.696 bits per heavy atom. The largest absolute Gasteiger partial charge is 0.493 e. The van der Waals surface area contributed by atoms with Gasteiger partial charge >= 0.3 is 11.9 Å². The molecule has 0 saturated heterocycles. The van der Waals surface area contributed by atoms with Crippen LogP contribution >= 0.6 is 22.7 Å². The first-order valence-electron chi connectivity index (χ1n) is 14.2. The number of carboxylic acids is 2. The number of benzene rings is 2. The molecule has 4 aromatic rings. The SMILES string of the molecule is COc1cc2sc(C(=O)C[C@H](C)C(=O)O)cc2c(F)c1OCCCCOc1c(OC)cc2sc(C(=O)C[C@H](C)C(=O)O)cc2c1F. The molecule has 0 aliphatic rings. The molecule has 2 aromatic carbocycles. The molecule has 0 bridgehead atoms. The molecule has 0 amide bonds. The average molecular weight is 679 g/mol. The van der Waals surface area contributed by atoms with Crippen molar-refractivity contribution in [2.24, 2.45) is 11.8 Å². The second-order valence-corrected chi connectivity index (χ2v) is 12.8. The minimum atomic E-state index is -1.09. The van der Waals surface area contributed by atoms with Crippen molar-refractivity contribution < 1.29 is 57.1 Å². The van der Waals surface area contributed by atoms with Crippen LogP contribution in [0.15, 0.2) is 24.3 Å². The molecular weight excluding hydrogens is 646 g/mol. The smallest absolute Gasteiger partial charge is 0.306 e.